The van der Waals surface area contributed by atoms with Crippen molar-refractivity contribution < 1.29 is 19.4 Å². The molecule has 8 heteroatoms. The van der Waals surface area contributed by atoms with E-state index in [0.717, 1.165) is 11.0 Å². The highest BCUT2D eigenvalue weighted by Gasteiger charge is 2.24. The third-order valence-corrected chi connectivity index (χ3v) is 5.44. The summed E-state index contributed by atoms with van der Waals surface area (Å²) in [5.41, 5.74) is 7.59. The quantitative estimate of drug-likeness (QED) is 0.369. The van der Waals surface area contributed by atoms with Gasteiger partial charge in [0.1, 0.15) is 0 Å². The van der Waals surface area contributed by atoms with Crippen LogP contribution in [-0.4, -0.2) is 32.5 Å². The number of benzene rings is 2. The van der Waals surface area contributed by atoms with Gasteiger partial charge >= 0.3 is 0 Å². The van der Waals surface area contributed by atoms with Gasteiger partial charge < -0.3 is 24.7 Å². The molecule has 8 nitrogen and oxygen atoms in total. The molecule has 32 heavy (non-hydrogen) atoms. The lowest BCUT2D eigenvalue weighted by molar-refractivity contribution is -0.118. The SMILES string of the molecule is Cn1c(=N)n(CC(=O)c2cc(OCCCC(N)=O)c(O)c(C(C)(C)C)c2)c2ccccc21. The molecule has 0 unspecified atom stereocenters. The van der Waals surface area contributed by atoms with Crippen LogP contribution in [-0.2, 0) is 23.8 Å². The Balaban J connectivity index is 1.97. The normalized spacial score (nSPS) is 11.6. The molecule has 3 aromatic rings. The van der Waals surface area contributed by atoms with Gasteiger partial charge in [-0.05, 0) is 36.1 Å². The molecule has 170 valence electrons. The summed E-state index contributed by atoms with van der Waals surface area (Å²) in [6, 6.07) is 10.8. The van der Waals surface area contributed by atoms with E-state index in [0.29, 0.717) is 17.5 Å². The Hall–Kier alpha value is -3.55. The van der Waals surface area contributed by atoms with Crippen LogP contribution in [0.1, 0.15) is 49.5 Å². The number of carbonyl (C=O) groups is 2. The fourth-order valence-corrected chi connectivity index (χ4v) is 3.66. The van der Waals surface area contributed by atoms with Crippen LogP contribution in [0.3, 0.4) is 0 Å². The molecule has 0 aliphatic carbocycles. The number of amides is 1. The third kappa shape index (κ3) is 4.69. The van der Waals surface area contributed by atoms with Crippen molar-refractivity contribution in [1.29, 1.82) is 5.41 Å². The highest BCUT2D eigenvalue weighted by atomic mass is 16.5. The summed E-state index contributed by atoms with van der Waals surface area (Å²) in [5, 5.41) is 19.2. The van der Waals surface area contributed by atoms with Gasteiger partial charge in [0.25, 0.3) is 0 Å². The van der Waals surface area contributed by atoms with Crippen LogP contribution < -0.4 is 16.1 Å². The molecule has 3 rings (SSSR count). The minimum atomic E-state index is -0.432. The standard InChI is InChI=1S/C24H30N4O4/c1-24(2,3)16-12-15(13-20(22(16)31)32-11-7-10-21(25)30)19(29)14-28-18-9-6-5-8-17(18)27(4)23(28)26/h5-6,8-9,12-13,26,31H,7,10-11,14H2,1-4H3,(H2,25,30). The van der Waals surface area contributed by atoms with E-state index in [1.165, 1.54) is 6.07 Å². The Bertz CT molecular complexity index is 1230. The molecule has 1 aromatic heterocycles. The predicted octanol–water partition coefficient (Wildman–Crippen LogP) is 2.99. The zero-order valence-corrected chi connectivity index (χ0v) is 18.9. The summed E-state index contributed by atoms with van der Waals surface area (Å²) < 4.78 is 9.10. The van der Waals surface area contributed by atoms with Crippen molar-refractivity contribution in [2.24, 2.45) is 12.8 Å². The van der Waals surface area contributed by atoms with Crippen molar-refractivity contribution in [2.75, 3.05) is 6.61 Å². The van der Waals surface area contributed by atoms with E-state index in [4.69, 9.17) is 15.9 Å². The van der Waals surface area contributed by atoms with Gasteiger partial charge in [-0.1, -0.05) is 32.9 Å². The van der Waals surface area contributed by atoms with Crippen LogP contribution >= 0.6 is 0 Å². The number of phenols is 1. The topological polar surface area (TPSA) is 123 Å². The molecular formula is C24H30N4O4. The number of primary amides is 1. The molecule has 4 N–H and O–H groups in total. The lowest BCUT2D eigenvalue weighted by Gasteiger charge is -2.23. The lowest BCUT2D eigenvalue weighted by Crippen LogP contribution is -2.26. The molecule has 0 aliphatic rings. The van der Waals surface area contributed by atoms with Crippen LogP contribution in [0.25, 0.3) is 11.0 Å². The molecule has 1 heterocycles. The average Bonchev–Trinajstić information content (AvgIpc) is 2.96. The van der Waals surface area contributed by atoms with Gasteiger partial charge in [-0.3, -0.25) is 15.0 Å². The maximum Gasteiger partial charge on any atom is 0.217 e. The molecule has 0 spiro atoms. The van der Waals surface area contributed by atoms with Gasteiger partial charge in [0.05, 0.1) is 24.2 Å². The summed E-state index contributed by atoms with van der Waals surface area (Å²) in [5.74, 6) is -0.450. The van der Waals surface area contributed by atoms with E-state index < -0.39 is 11.3 Å². The molecule has 0 atom stereocenters. The maximum absolute atomic E-state index is 13.3. The van der Waals surface area contributed by atoms with E-state index in [9.17, 15) is 14.7 Å². The van der Waals surface area contributed by atoms with Gasteiger partial charge in [0, 0.05) is 24.6 Å². The first kappa shape index (κ1) is 23.1. The number of ketones is 1. The first-order valence-electron chi connectivity index (χ1n) is 10.5. The van der Waals surface area contributed by atoms with Crippen LogP contribution in [0, 0.1) is 5.41 Å². The Morgan fingerprint density at radius 2 is 1.81 bits per heavy atom. The molecule has 0 radical (unpaired) electrons. The molecule has 1 amide bonds. The number of nitrogens with two attached hydrogens (primary N) is 1. The number of Topliss-reactive ketones (excluding diaryl/α,β-unsaturated/α-hetero) is 1. The van der Waals surface area contributed by atoms with Gasteiger partial charge in [0.15, 0.2) is 17.3 Å². The van der Waals surface area contributed by atoms with E-state index >= 15 is 0 Å². The van der Waals surface area contributed by atoms with Crippen molar-refractivity contribution in [3.05, 3.63) is 53.1 Å². The number of aromatic hydroxyl groups is 1. The zero-order chi connectivity index (χ0) is 23.6. The van der Waals surface area contributed by atoms with Gasteiger partial charge in [-0.15, -0.1) is 0 Å². The predicted molar refractivity (Wildman–Crippen MR) is 122 cm³/mol. The Labute approximate surface area is 186 Å². The Kier molecular flexibility index (Phi) is 6.43. The number of carbonyl (C=O) groups excluding carboxylic acids is 2. The monoisotopic (exact) mass is 438 g/mol. The summed E-state index contributed by atoms with van der Waals surface area (Å²) in [6.45, 7) is 5.99. The fraction of sp³-hybridized carbons (Fsp3) is 0.375. The number of phenolic OH excluding ortho intramolecular Hbond substituents is 1. The number of rotatable bonds is 8. The number of aryl methyl sites for hydroxylation is 1. The number of hydrogen-bond acceptors (Lipinski definition) is 5. The van der Waals surface area contributed by atoms with Crippen molar-refractivity contribution in [2.45, 2.75) is 45.6 Å². The number of imidazole rings is 1. The number of hydrogen-bond donors (Lipinski definition) is 3. The second-order valence-electron chi connectivity index (χ2n) is 8.92. The van der Waals surface area contributed by atoms with E-state index in [1.54, 1.807) is 22.2 Å². The minimum Gasteiger partial charge on any atom is -0.504 e. The summed E-state index contributed by atoms with van der Waals surface area (Å²) in [4.78, 5) is 24.2. The van der Waals surface area contributed by atoms with E-state index in [1.807, 2.05) is 45.0 Å². The largest absolute Gasteiger partial charge is 0.504 e. The van der Waals surface area contributed by atoms with Crippen molar-refractivity contribution >= 4 is 22.7 Å². The smallest absolute Gasteiger partial charge is 0.217 e. The molecule has 0 saturated heterocycles. The highest BCUT2D eigenvalue weighted by Crippen LogP contribution is 2.39. The number of aromatic nitrogens is 2. The number of para-hydroxylation sites is 2. The number of nitrogens with one attached hydrogen (secondary N) is 1. The molecular weight excluding hydrogens is 408 g/mol. The van der Waals surface area contributed by atoms with E-state index in [-0.39, 0.29) is 42.5 Å². The number of nitrogens with zero attached hydrogens (tertiary/aromatic N) is 2. The second-order valence-corrected chi connectivity index (χ2v) is 8.92. The van der Waals surface area contributed by atoms with Gasteiger partial charge in [0.2, 0.25) is 11.5 Å². The van der Waals surface area contributed by atoms with Crippen LogP contribution in [0.5, 0.6) is 11.5 Å². The van der Waals surface area contributed by atoms with Crippen LogP contribution in [0.4, 0.5) is 0 Å². The lowest BCUT2D eigenvalue weighted by atomic mass is 9.84. The highest BCUT2D eigenvalue weighted by molar-refractivity contribution is 5.97. The van der Waals surface area contributed by atoms with Crippen LogP contribution in [0.2, 0.25) is 0 Å². The minimum absolute atomic E-state index is 0.0182. The first-order valence-corrected chi connectivity index (χ1v) is 10.5. The molecule has 2 aromatic carbocycles. The molecule has 0 bridgehead atoms. The Morgan fingerprint density at radius 1 is 1.16 bits per heavy atom. The molecule has 0 saturated carbocycles. The second kappa shape index (κ2) is 8.90. The summed E-state index contributed by atoms with van der Waals surface area (Å²) in [7, 11) is 1.79. The van der Waals surface area contributed by atoms with Crippen molar-refractivity contribution in [3.63, 3.8) is 0 Å². The first-order chi connectivity index (χ1) is 15.0. The number of fused-ring (bicyclic) bond motifs is 1. The fourth-order valence-electron chi connectivity index (χ4n) is 3.66. The maximum atomic E-state index is 13.3. The summed E-state index contributed by atoms with van der Waals surface area (Å²) in [6.07, 6.45) is 0.585. The van der Waals surface area contributed by atoms with E-state index in [2.05, 4.69) is 0 Å². The van der Waals surface area contributed by atoms with Gasteiger partial charge in [-0.25, -0.2) is 0 Å². The van der Waals surface area contributed by atoms with Gasteiger partial charge in [-0.2, -0.15) is 0 Å². The third-order valence-electron chi connectivity index (χ3n) is 5.44. The molecule has 0 fully saturated rings. The van der Waals surface area contributed by atoms with Crippen molar-refractivity contribution in [1.82, 2.24) is 9.13 Å². The number of ether oxygens (including phenoxy) is 1. The average molecular weight is 439 g/mol. The zero-order valence-electron chi connectivity index (χ0n) is 18.9. The Morgan fingerprint density at radius 3 is 2.44 bits per heavy atom. The van der Waals surface area contributed by atoms with Crippen LogP contribution in [0.15, 0.2) is 36.4 Å². The molecule has 0 aliphatic heterocycles. The summed E-state index contributed by atoms with van der Waals surface area (Å²) >= 11 is 0. The van der Waals surface area contributed by atoms with Crippen molar-refractivity contribution in [3.8, 4) is 11.5 Å².